The normalized spacial score (nSPS) is 18.2. The smallest absolute Gasteiger partial charge is 0.368 e. The highest BCUT2D eigenvalue weighted by Gasteiger charge is 2.31. The van der Waals surface area contributed by atoms with Gasteiger partial charge in [0.2, 0.25) is 5.91 Å². The van der Waals surface area contributed by atoms with Crippen LogP contribution in [-0.2, 0) is 11.0 Å². The molecule has 28 heavy (non-hydrogen) atoms. The van der Waals surface area contributed by atoms with E-state index in [-0.39, 0.29) is 12.5 Å². The monoisotopic (exact) mass is 397 g/mol. The molecule has 1 heterocycles. The molecule has 0 aromatic heterocycles. The van der Waals surface area contributed by atoms with Crippen LogP contribution >= 0.6 is 0 Å². The molecule has 9 heteroatoms. The third kappa shape index (κ3) is 5.30. The van der Waals surface area contributed by atoms with Crippen molar-refractivity contribution in [2.45, 2.75) is 25.1 Å². The Balaban J connectivity index is 1.63. The highest BCUT2D eigenvalue weighted by Crippen LogP contribution is 2.32. The van der Waals surface area contributed by atoms with Crippen LogP contribution in [0.3, 0.4) is 0 Å². The number of anilines is 1. The molecule has 1 aliphatic heterocycles. The Morgan fingerprint density at radius 2 is 1.89 bits per heavy atom. The van der Waals surface area contributed by atoms with E-state index in [9.17, 15) is 18.0 Å². The number of nitrogens with zero attached hydrogens (tertiary/aromatic N) is 4. The number of carbonyl (C=O) groups excluding carboxylic acids is 1. The summed E-state index contributed by atoms with van der Waals surface area (Å²) < 4.78 is 38.9. The Labute approximate surface area is 163 Å². The standard InChI is InChI=1S/C19H26F3N5O/c1-25(2)17(28)13-23-18(24-15-6-7-15)27-10-8-26(9-11-27)16-5-3-4-14(12-16)19(20,21)22/h3-5,12,15H,6-11,13H2,1-2H3,(H,23,24). The molecular weight excluding hydrogens is 371 g/mol. The van der Waals surface area contributed by atoms with Crippen molar-refractivity contribution in [1.82, 2.24) is 15.1 Å². The molecule has 1 N–H and O–H groups in total. The fourth-order valence-corrected chi connectivity index (χ4v) is 2.99. The summed E-state index contributed by atoms with van der Waals surface area (Å²) in [5.41, 5.74) is -0.0572. The zero-order valence-electron chi connectivity index (χ0n) is 16.2. The lowest BCUT2D eigenvalue weighted by molar-refractivity contribution is -0.137. The number of aliphatic imine (C=N–C) groups is 1. The number of rotatable bonds is 4. The van der Waals surface area contributed by atoms with Gasteiger partial charge in [-0.25, -0.2) is 4.99 Å². The Kier molecular flexibility index (Phi) is 6.00. The van der Waals surface area contributed by atoms with Gasteiger partial charge in [0.15, 0.2) is 5.96 Å². The number of halogens is 3. The first kappa shape index (κ1) is 20.3. The second-order valence-corrected chi connectivity index (χ2v) is 7.37. The van der Waals surface area contributed by atoms with Crippen molar-refractivity contribution in [2.24, 2.45) is 4.99 Å². The van der Waals surface area contributed by atoms with E-state index in [1.54, 1.807) is 20.2 Å². The number of hydrogen-bond donors (Lipinski definition) is 1. The topological polar surface area (TPSA) is 51.2 Å². The maximum atomic E-state index is 13.0. The molecule has 154 valence electrons. The van der Waals surface area contributed by atoms with Gasteiger partial charge in [0, 0.05) is 52.0 Å². The number of guanidine groups is 1. The summed E-state index contributed by atoms with van der Waals surface area (Å²) in [7, 11) is 3.39. The molecule has 2 fully saturated rings. The Hall–Kier alpha value is -2.45. The maximum Gasteiger partial charge on any atom is 0.416 e. The van der Waals surface area contributed by atoms with Gasteiger partial charge < -0.3 is 20.0 Å². The predicted molar refractivity (Wildman–Crippen MR) is 102 cm³/mol. The molecule has 1 aliphatic carbocycles. The number of hydrogen-bond acceptors (Lipinski definition) is 3. The number of alkyl halides is 3. The number of likely N-dealkylation sites (N-methyl/N-ethyl adjacent to an activating group) is 1. The highest BCUT2D eigenvalue weighted by atomic mass is 19.4. The van der Waals surface area contributed by atoms with Crippen LogP contribution in [-0.4, -0.2) is 74.5 Å². The lowest BCUT2D eigenvalue weighted by Crippen LogP contribution is -2.53. The summed E-state index contributed by atoms with van der Waals surface area (Å²) in [6.07, 6.45) is -2.17. The zero-order chi connectivity index (χ0) is 20.3. The van der Waals surface area contributed by atoms with Crippen LogP contribution in [0.15, 0.2) is 29.3 Å². The molecule has 1 aromatic carbocycles. The predicted octanol–water partition coefficient (Wildman–Crippen LogP) is 2.02. The Bertz CT molecular complexity index is 723. The molecule has 0 unspecified atom stereocenters. The summed E-state index contributed by atoms with van der Waals surface area (Å²) in [5.74, 6) is 0.638. The quantitative estimate of drug-likeness (QED) is 0.624. The molecule has 1 aromatic rings. The van der Waals surface area contributed by atoms with Crippen LogP contribution in [0.25, 0.3) is 0 Å². The highest BCUT2D eigenvalue weighted by molar-refractivity contribution is 5.85. The third-order valence-electron chi connectivity index (χ3n) is 4.89. The molecule has 1 saturated carbocycles. The number of piperazine rings is 1. The van der Waals surface area contributed by atoms with Crippen molar-refractivity contribution >= 4 is 17.6 Å². The fraction of sp³-hybridized carbons (Fsp3) is 0.579. The van der Waals surface area contributed by atoms with Gasteiger partial charge in [0.05, 0.1) is 5.56 Å². The first-order valence-electron chi connectivity index (χ1n) is 9.42. The van der Waals surface area contributed by atoms with E-state index in [0.29, 0.717) is 43.9 Å². The van der Waals surface area contributed by atoms with E-state index in [0.717, 1.165) is 18.9 Å². The van der Waals surface area contributed by atoms with Crippen molar-refractivity contribution in [1.29, 1.82) is 0 Å². The van der Waals surface area contributed by atoms with Crippen LogP contribution in [0.2, 0.25) is 0 Å². The van der Waals surface area contributed by atoms with Gasteiger partial charge in [-0.05, 0) is 31.0 Å². The van der Waals surface area contributed by atoms with Gasteiger partial charge >= 0.3 is 6.18 Å². The van der Waals surface area contributed by atoms with Crippen molar-refractivity contribution < 1.29 is 18.0 Å². The van der Waals surface area contributed by atoms with Crippen molar-refractivity contribution in [3.63, 3.8) is 0 Å². The maximum absolute atomic E-state index is 13.0. The van der Waals surface area contributed by atoms with E-state index in [4.69, 9.17) is 0 Å². The van der Waals surface area contributed by atoms with Gasteiger partial charge in [0.25, 0.3) is 0 Å². The lowest BCUT2D eigenvalue weighted by Gasteiger charge is -2.38. The van der Waals surface area contributed by atoms with Crippen molar-refractivity contribution in [2.75, 3.05) is 51.7 Å². The summed E-state index contributed by atoms with van der Waals surface area (Å²) in [5, 5.41) is 3.38. The van der Waals surface area contributed by atoms with Gasteiger partial charge in [-0.2, -0.15) is 13.2 Å². The van der Waals surface area contributed by atoms with E-state index >= 15 is 0 Å². The van der Waals surface area contributed by atoms with E-state index in [1.807, 2.05) is 4.90 Å². The van der Waals surface area contributed by atoms with Gasteiger partial charge in [0.1, 0.15) is 6.54 Å². The minimum Gasteiger partial charge on any atom is -0.368 e. The van der Waals surface area contributed by atoms with Gasteiger partial charge in [-0.3, -0.25) is 4.79 Å². The van der Waals surface area contributed by atoms with Crippen molar-refractivity contribution in [3.05, 3.63) is 29.8 Å². The average molecular weight is 397 g/mol. The van der Waals surface area contributed by atoms with E-state index in [1.165, 1.54) is 17.0 Å². The zero-order valence-corrected chi connectivity index (χ0v) is 16.2. The molecular formula is C19H26F3N5O. The van der Waals surface area contributed by atoms with Gasteiger partial charge in [-0.15, -0.1) is 0 Å². The Morgan fingerprint density at radius 3 is 2.46 bits per heavy atom. The van der Waals surface area contributed by atoms with Crippen LogP contribution < -0.4 is 10.2 Å². The average Bonchev–Trinajstić information content (AvgIpc) is 3.48. The fourth-order valence-electron chi connectivity index (χ4n) is 2.99. The molecule has 6 nitrogen and oxygen atoms in total. The molecule has 1 amide bonds. The number of nitrogens with one attached hydrogen (secondary N) is 1. The number of amides is 1. The van der Waals surface area contributed by atoms with Crippen LogP contribution in [0.4, 0.5) is 18.9 Å². The number of carbonyl (C=O) groups is 1. The summed E-state index contributed by atoms with van der Waals surface area (Å²) in [6.45, 7) is 2.52. The van der Waals surface area contributed by atoms with Crippen molar-refractivity contribution in [3.8, 4) is 0 Å². The second kappa shape index (κ2) is 8.28. The SMILES string of the molecule is CN(C)C(=O)CN=C(NC1CC1)N1CCN(c2cccc(C(F)(F)F)c2)CC1. The van der Waals surface area contributed by atoms with E-state index in [2.05, 4.69) is 15.2 Å². The van der Waals surface area contributed by atoms with Gasteiger partial charge in [-0.1, -0.05) is 6.07 Å². The summed E-state index contributed by atoms with van der Waals surface area (Å²) >= 11 is 0. The lowest BCUT2D eigenvalue weighted by atomic mass is 10.1. The van der Waals surface area contributed by atoms with Crippen LogP contribution in [0.1, 0.15) is 18.4 Å². The van der Waals surface area contributed by atoms with Crippen LogP contribution in [0, 0.1) is 0 Å². The summed E-state index contributed by atoms with van der Waals surface area (Å²) in [4.78, 5) is 21.8. The first-order valence-corrected chi connectivity index (χ1v) is 9.42. The first-order chi connectivity index (χ1) is 13.2. The summed E-state index contributed by atoms with van der Waals surface area (Å²) in [6, 6.07) is 5.83. The molecule has 1 saturated heterocycles. The second-order valence-electron chi connectivity index (χ2n) is 7.37. The Morgan fingerprint density at radius 1 is 1.21 bits per heavy atom. The largest absolute Gasteiger partial charge is 0.416 e. The molecule has 2 aliphatic rings. The molecule has 0 spiro atoms. The molecule has 0 atom stereocenters. The number of benzene rings is 1. The minimum atomic E-state index is -4.34. The van der Waals surface area contributed by atoms with E-state index < -0.39 is 11.7 Å². The molecule has 3 rings (SSSR count). The van der Waals surface area contributed by atoms with Crippen LogP contribution in [0.5, 0.6) is 0 Å². The molecule has 0 bridgehead atoms. The minimum absolute atomic E-state index is 0.0716. The molecule has 0 radical (unpaired) electrons. The third-order valence-corrected chi connectivity index (χ3v) is 4.89.